The number of hydrogen-bond donors (Lipinski definition) is 1. The van der Waals surface area contributed by atoms with Gasteiger partial charge in [0.1, 0.15) is 0 Å². The van der Waals surface area contributed by atoms with Gasteiger partial charge in [0, 0.05) is 0 Å². The number of nitrogens with one attached hydrogen (secondary N) is 1. The predicted molar refractivity (Wildman–Crippen MR) is 118 cm³/mol. The number of amides is 1. The molecule has 0 spiro atoms. The van der Waals surface area contributed by atoms with Gasteiger partial charge in [0.05, 0.1) is 13.2 Å². The summed E-state index contributed by atoms with van der Waals surface area (Å²) in [7, 11) is 0. The molecule has 3 aliphatic rings. The Morgan fingerprint density at radius 3 is 2.74 bits per heavy atom. The Morgan fingerprint density at radius 2 is 2.03 bits per heavy atom. The molecule has 3 fully saturated rings. The van der Waals surface area contributed by atoms with Crippen LogP contribution in [0.1, 0.15) is 5.56 Å². The normalized spacial score (nSPS) is 25.3. The standard InChI is InChI=1S/C23H22AsN5O2/c1-12-2-3-25-6-15(12)19-4-13-5-20(26-7-16(13)22(24)27-19)28-23(30)21-17-8-29(9-18(17)21)14-10-31-11-14/h2-7,14,17-18,21H,8-11H2,1H3,(H,26,28,30). The molecule has 8 heteroatoms. The number of anilines is 1. The van der Waals surface area contributed by atoms with E-state index in [4.69, 9.17) is 9.72 Å². The molecule has 0 aromatic carbocycles. The Morgan fingerprint density at radius 1 is 1.23 bits per heavy atom. The molecule has 5 heterocycles. The molecule has 31 heavy (non-hydrogen) atoms. The van der Waals surface area contributed by atoms with E-state index < -0.39 is 0 Å². The van der Waals surface area contributed by atoms with Gasteiger partial charge in [-0.1, -0.05) is 0 Å². The minimum atomic E-state index is 0.0937. The fraction of sp³-hybridized carbons (Fsp3) is 0.391. The van der Waals surface area contributed by atoms with Crippen molar-refractivity contribution in [1.29, 1.82) is 0 Å². The Bertz CT molecular complexity index is 1190. The number of carbonyl (C=O) groups is 1. The van der Waals surface area contributed by atoms with E-state index in [1.54, 1.807) is 12.4 Å². The van der Waals surface area contributed by atoms with Crippen molar-refractivity contribution in [1.82, 2.24) is 19.9 Å². The molecule has 2 radical (unpaired) electrons. The van der Waals surface area contributed by atoms with Gasteiger partial charge < -0.3 is 4.74 Å². The summed E-state index contributed by atoms with van der Waals surface area (Å²) in [6.45, 7) is 5.75. The SMILES string of the molecule is Cc1ccncc1-c1cc2cc(NC(=O)C3C4CN(C5COC5)CC43)ncc2c([As])n1. The molecule has 6 rings (SSSR count). The van der Waals surface area contributed by atoms with Crippen molar-refractivity contribution in [3.8, 4) is 11.3 Å². The molecule has 1 N–H and O–H groups in total. The average Bonchev–Trinajstić information content (AvgIpc) is 3.22. The number of aromatic nitrogens is 3. The minimum absolute atomic E-state index is 0.0937. The molecule has 3 aromatic heterocycles. The van der Waals surface area contributed by atoms with Crippen LogP contribution in [0.15, 0.2) is 36.8 Å². The average molecular weight is 475 g/mol. The molecule has 1 amide bonds. The number of nitrogens with zero attached hydrogens (tertiary/aromatic N) is 4. The maximum atomic E-state index is 12.9. The molecular formula is C23H22AsN5O2. The summed E-state index contributed by atoms with van der Waals surface area (Å²) in [5.74, 6) is 1.75. The van der Waals surface area contributed by atoms with Crippen LogP contribution in [0.3, 0.4) is 0 Å². The molecule has 2 atom stereocenters. The summed E-state index contributed by atoms with van der Waals surface area (Å²) in [5, 5.41) is 5.02. The topological polar surface area (TPSA) is 80.2 Å². The van der Waals surface area contributed by atoms with Crippen LogP contribution in [0.25, 0.3) is 22.0 Å². The number of piperidine rings is 1. The van der Waals surface area contributed by atoms with Crippen LogP contribution in [0, 0.1) is 24.7 Å². The first-order chi connectivity index (χ1) is 15.1. The second kappa shape index (κ2) is 7.37. The van der Waals surface area contributed by atoms with E-state index >= 15 is 0 Å². The zero-order chi connectivity index (χ0) is 21.1. The molecule has 7 nitrogen and oxygen atoms in total. The summed E-state index contributed by atoms with van der Waals surface area (Å²) < 4.78 is 6.15. The number of ether oxygens (including phenoxy) is 1. The molecule has 2 aliphatic heterocycles. The van der Waals surface area contributed by atoms with Crippen molar-refractivity contribution < 1.29 is 9.53 Å². The van der Waals surface area contributed by atoms with E-state index in [0.717, 1.165) is 58.4 Å². The maximum absolute atomic E-state index is 12.9. The summed E-state index contributed by atoms with van der Waals surface area (Å²) >= 11 is 2.51. The van der Waals surface area contributed by atoms with Gasteiger partial charge in [-0.25, -0.2) is 0 Å². The number of hydrogen-bond acceptors (Lipinski definition) is 6. The number of pyridine rings is 3. The van der Waals surface area contributed by atoms with Gasteiger partial charge in [-0.2, -0.15) is 0 Å². The van der Waals surface area contributed by atoms with Crippen LogP contribution in [-0.2, 0) is 9.53 Å². The van der Waals surface area contributed by atoms with Crippen LogP contribution < -0.4 is 9.80 Å². The van der Waals surface area contributed by atoms with Crippen molar-refractivity contribution in [2.45, 2.75) is 13.0 Å². The summed E-state index contributed by atoms with van der Waals surface area (Å²) in [6.07, 6.45) is 5.41. The van der Waals surface area contributed by atoms with E-state index in [1.165, 1.54) is 0 Å². The number of aryl methyl sites for hydroxylation is 1. The van der Waals surface area contributed by atoms with Crippen LogP contribution in [0.2, 0.25) is 0 Å². The first kappa shape index (κ1) is 19.4. The number of carbonyl (C=O) groups excluding carboxylic acids is 1. The molecule has 3 aromatic rings. The van der Waals surface area contributed by atoms with Gasteiger partial charge in [-0.3, -0.25) is 0 Å². The van der Waals surface area contributed by atoms with Gasteiger partial charge in [0.2, 0.25) is 0 Å². The van der Waals surface area contributed by atoms with Crippen molar-refractivity contribution >= 4 is 43.8 Å². The van der Waals surface area contributed by atoms with Crippen LogP contribution in [0.4, 0.5) is 5.82 Å². The fourth-order valence-electron chi connectivity index (χ4n) is 4.96. The molecule has 1 saturated carbocycles. The van der Waals surface area contributed by atoms with Crippen LogP contribution >= 0.6 is 0 Å². The predicted octanol–water partition coefficient (Wildman–Crippen LogP) is 1.31. The Balaban J connectivity index is 1.21. The molecule has 0 bridgehead atoms. The van der Waals surface area contributed by atoms with Crippen LogP contribution in [0.5, 0.6) is 0 Å². The van der Waals surface area contributed by atoms with Gasteiger partial charge in [-0.05, 0) is 0 Å². The third kappa shape index (κ3) is 3.36. The third-order valence-corrected chi connectivity index (χ3v) is 7.64. The third-order valence-electron chi connectivity index (χ3n) is 6.92. The van der Waals surface area contributed by atoms with E-state index in [0.29, 0.717) is 23.7 Å². The second-order valence-electron chi connectivity index (χ2n) is 8.80. The Hall–Kier alpha value is -2.34. The van der Waals surface area contributed by atoms with Gasteiger partial charge in [-0.15, -0.1) is 0 Å². The molecule has 2 saturated heterocycles. The summed E-state index contributed by atoms with van der Waals surface area (Å²) in [6, 6.07) is 6.52. The number of likely N-dealkylation sites (tertiary alicyclic amines) is 1. The molecule has 2 unspecified atom stereocenters. The van der Waals surface area contributed by atoms with E-state index in [1.807, 2.05) is 24.4 Å². The van der Waals surface area contributed by atoms with Gasteiger partial charge in [0.15, 0.2) is 0 Å². The zero-order valence-electron chi connectivity index (χ0n) is 17.2. The van der Waals surface area contributed by atoms with Crippen molar-refractivity contribution in [3.05, 3.63) is 42.4 Å². The Kier molecular flexibility index (Phi) is 4.60. The molecule has 156 valence electrons. The van der Waals surface area contributed by atoms with Crippen LogP contribution in [-0.4, -0.2) is 75.0 Å². The van der Waals surface area contributed by atoms with Crippen molar-refractivity contribution in [2.75, 3.05) is 31.6 Å². The Labute approximate surface area is 189 Å². The molecular weight excluding hydrogens is 453 g/mol. The monoisotopic (exact) mass is 475 g/mol. The quantitative estimate of drug-likeness (QED) is 0.574. The summed E-state index contributed by atoms with van der Waals surface area (Å²) in [4.78, 5) is 28.8. The van der Waals surface area contributed by atoms with Crippen molar-refractivity contribution in [3.63, 3.8) is 0 Å². The summed E-state index contributed by atoms with van der Waals surface area (Å²) in [5.41, 5.74) is 3.00. The number of rotatable bonds is 4. The van der Waals surface area contributed by atoms with E-state index in [2.05, 4.69) is 44.0 Å². The van der Waals surface area contributed by atoms with Gasteiger partial charge in [0.25, 0.3) is 0 Å². The molecule has 1 aliphatic carbocycles. The van der Waals surface area contributed by atoms with E-state index in [-0.39, 0.29) is 11.8 Å². The first-order valence-electron chi connectivity index (χ1n) is 10.6. The van der Waals surface area contributed by atoms with Crippen molar-refractivity contribution in [2.24, 2.45) is 17.8 Å². The van der Waals surface area contributed by atoms with Gasteiger partial charge >= 0.3 is 171 Å². The second-order valence-corrected chi connectivity index (χ2v) is 9.69. The fourth-order valence-corrected chi connectivity index (χ4v) is 5.58. The first-order valence-corrected chi connectivity index (χ1v) is 11.6. The number of fused-ring (bicyclic) bond motifs is 2. The zero-order valence-corrected chi connectivity index (χ0v) is 19.0. The van der Waals surface area contributed by atoms with E-state index in [9.17, 15) is 4.79 Å².